The van der Waals surface area contributed by atoms with E-state index in [-0.39, 0.29) is 17.9 Å². The molecule has 4 rings (SSSR count). The fourth-order valence-corrected chi connectivity index (χ4v) is 3.96. The molecule has 0 saturated heterocycles. The van der Waals surface area contributed by atoms with Gasteiger partial charge in [-0.3, -0.25) is 4.79 Å². The predicted octanol–water partition coefficient (Wildman–Crippen LogP) is 5.15. The molecule has 166 valence electrons. The fourth-order valence-electron chi connectivity index (χ4n) is 3.96. The van der Waals surface area contributed by atoms with Gasteiger partial charge in [-0.15, -0.1) is 0 Å². The number of nitrogens with zero attached hydrogens (tertiary/aromatic N) is 1. The Hall–Kier alpha value is -3.61. The normalized spacial score (nSPS) is 13.1. The lowest BCUT2D eigenvalue weighted by molar-refractivity contribution is 0.0726. The van der Waals surface area contributed by atoms with E-state index in [1.54, 1.807) is 4.90 Å². The molecule has 1 amide bonds. The number of amides is 1. The third-order valence-corrected chi connectivity index (χ3v) is 5.64. The van der Waals surface area contributed by atoms with Crippen molar-refractivity contribution in [1.29, 1.82) is 0 Å². The summed E-state index contributed by atoms with van der Waals surface area (Å²) < 4.78 is 32.5. The van der Waals surface area contributed by atoms with E-state index in [1.165, 1.54) is 0 Å². The Morgan fingerprint density at radius 1 is 1.16 bits per heavy atom. The van der Waals surface area contributed by atoms with Gasteiger partial charge in [-0.25, -0.2) is 8.78 Å². The minimum atomic E-state index is -2.80. The van der Waals surface area contributed by atoms with Crippen molar-refractivity contribution in [3.63, 3.8) is 0 Å². The Labute approximate surface area is 185 Å². The van der Waals surface area contributed by atoms with Crippen LogP contribution in [0.25, 0.3) is 0 Å². The van der Waals surface area contributed by atoms with E-state index in [0.717, 1.165) is 34.5 Å². The summed E-state index contributed by atoms with van der Waals surface area (Å²) in [5.41, 5.74) is 3.40. The number of anilines is 1. The molecule has 5 nitrogen and oxygen atoms in total. The number of hydrogen-bond acceptors (Lipinski definition) is 4. The van der Waals surface area contributed by atoms with E-state index in [0.29, 0.717) is 19.5 Å². The van der Waals surface area contributed by atoms with Crippen LogP contribution in [0.3, 0.4) is 0 Å². The second kappa shape index (κ2) is 9.26. The van der Waals surface area contributed by atoms with Crippen LogP contribution in [0.2, 0.25) is 0 Å². The van der Waals surface area contributed by atoms with Crippen LogP contribution in [0, 0.1) is 0 Å². The molecule has 0 unspecified atom stereocenters. The van der Waals surface area contributed by atoms with Crippen molar-refractivity contribution in [2.45, 2.75) is 26.0 Å². The monoisotopic (exact) mass is 438 g/mol. The van der Waals surface area contributed by atoms with Crippen LogP contribution in [0.1, 0.15) is 39.0 Å². The van der Waals surface area contributed by atoms with Crippen LogP contribution in [-0.2, 0) is 19.6 Å². The van der Waals surface area contributed by atoms with Gasteiger partial charge in [0.05, 0.1) is 0 Å². The Balaban J connectivity index is 1.66. The molecule has 0 aromatic heterocycles. The number of phenolic OH excluding ortho intramolecular Hbond substituents is 1. The number of fused-ring (bicyclic) bond motifs is 1. The predicted molar refractivity (Wildman–Crippen MR) is 118 cm³/mol. The highest BCUT2D eigenvalue weighted by Crippen LogP contribution is 2.36. The second-order valence-electron chi connectivity index (χ2n) is 7.66. The van der Waals surface area contributed by atoms with Crippen LogP contribution in [-0.4, -0.2) is 29.5 Å². The molecule has 0 saturated carbocycles. The van der Waals surface area contributed by atoms with Gasteiger partial charge in [-0.2, -0.15) is 0 Å². The lowest BCUT2D eigenvalue weighted by Gasteiger charge is -2.31. The van der Waals surface area contributed by atoms with Crippen LogP contribution < -0.4 is 10.1 Å². The molecule has 1 aliphatic rings. The highest BCUT2D eigenvalue weighted by atomic mass is 19.3. The van der Waals surface area contributed by atoms with Gasteiger partial charge < -0.3 is 20.1 Å². The first-order valence-electron chi connectivity index (χ1n) is 10.4. The van der Waals surface area contributed by atoms with Crippen LogP contribution >= 0.6 is 0 Å². The fraction of sp³-hybridized carbons (Fsp3) is 0.240. The zero-order valence-electron chi connectivity index (χ0n) is 17.6. The quantitative estimate of drug-likeness (QED) is 0.559. The molecule has 0 bridgehead atoms. The van der Waals surface area contributed by atoms with Gasteiger partial charge in [0.1, 0.15) is 23.7 Å². The number of benzene rings is 3. The minimum absolute atomic E-state index is 0.0538. The summed E-state index contributed by atoms with van der Waals surface area (Å²) in [5.74, 6) is -1.02. The average molecular weight is 438 g/mol. The van der Waals surface area contributed by atoms with Gasteiger partial charge in [-0.05, 0) is 41.3 Å². The zero-order valence-corrected chi connectivity index (χ0v) is 17.6. The van der Waals surface area contributed by atoms with E-state index in [9.17, 15) is 18.7 Å². The lowest BCUT2D eigenvalue weighted by atomic mass is 9.97. The lowest BCUT2D eigenvalue weighted by Crippen LogP contribution is -2.36. The second-order valence-corrected chi connectivity index (χ2v) is 7.66. The topological polar surface area (TPSA) is 61.8 Å². The van der Waals surface area contributed by atoms with Crippen molar-refractivity contribution >= 4 is 11.6 Å². The van der Waals surface area contributed by atoms with Crippen LogP contribution in [0.15, 0.2) is 60.7 Å². The maximum atomic E-state index is 13.4. The number of carbonyl (C=O) groups excluding carboxylic acids is 1. The Kier molecular flexibility index (Phi) is 6.25. The van der Waals surface area contributed by atoms with Crippen molar-refractivity contribution in [1.82, 2.24) is 4.90 Å². The van der Waals surface area contributed by atoms with Gasteiger partial charge in [0.25, 0.3) is 12.3 Å². The van der Waals surface area contributed by atoms with E-state index in [4.69, 9.17) is 4.74 Å². The van der Waals surface area contributed by atoms with E-state index in [1.807, 2.05) is 55.6 Å². The van der Waals surface area contributed by atoms with Gasteiger partial charge in [0.2, 0.25) is 0 Å². The van der Waals surface area contributed by atoms with Crippen molar-refractivity contribution < 1.29 is 23.4 Å². The Morgan fingerprint density at radius 2 is 1.94 bits per heavy atom. The molecule has 32 heavy (non-hydrogen) atoms. The number of carbonyl (C=O) groups is 1. The first kappa shape index (κ1) is 21.6. The third kappa shape index (κ3) is 4.37. The molecule has 0 radical (unpaired) electrons. The van der Waals surface area contributed by atoms with Crippen molar-refractivity contribution in [3.05, 3.63) is 88.5 Å². The highest BCUT2D eigenvalue weighted by molar-refractivity contribution is 6.00. The van der Waals surface area contributed by atoms with E-state index in [2.05, 4.69) is 5.32 Å². The number of hydrogen-bond donors (Lipinski definition) is 2. The van der Waals surface area contributed by atoms with Crippen molar-refractivity contribution in [3.8, 4) is 11.5 Å². The molecular weight excluding hydrogens is 414 g/mol. The summed E-state index contributed by atoms with van der Waals surface area (Å²) in [6, 6.07) is 17.2. The number of ether oxygens (including phenoxy) is 1. The van der Waals surface area contributed by atoms with Gasteiger partial charge in [-0.1, -0.05) is 42.5 Å². The smallest absolute Gasteiger partial charge is 0.264 e. The zero-order chi connectivity index (χ0) is 22.7. The number of rotatable bonds is 6. The molecule has 3 aromatic carbocycles. The largest absolute Gasteiger partial charge is 0.507 e. The first-order chi connectivity index (χ1) is 15.5. The Bertz CT molecular complexity index is 1110. The SMILES string of the molecule is CNc1cccc2c1CN(C(=O)c1c(O)cc(C(F)F)cc1OCc1ccccc1)CC2. The summed E-state index contributed by atoms with van der Waals surface area (Å²) in [6.07, 6.45) is -2.14. The number of alkyl halides is 2. The number of phenols is 1. The van der Waals surface area contributed by atoms with Gasteiger partial charge in [0, 0.05) is 31.4 Å². The highest BCUT2D eigenvalue weighted by Gasteiger charge is 2.29. The molecule has 1 heterocycles. The number of nitrogens with one attached hydrogen (secondary N) is 1. The molecule has 0 spiro atoms. The first-order valence-corrected chi connectivity index (χ1v) is 10.4. The summed E-state index contributed by atoms with van der Waals surface area (Å²) in [6.45, 7) is 0.881. The maximum Gasteiger partial charge on any atom is 0.264 e. The van der Waals surface area contributed by atoms with Gasteiger partial charge in [0.15, 0.2) is 0 Å². The standard InChI is InChI=1S/C25H24F2N2O3/c1-28-20-9-5-8-17-10-11-29(14-19(17)20)25(31)23-21(30)12-18(24(26)27)13-22(23)32-15-16-6-3-2-4-7-16/h2-9,12-13,24,28,30H,10-11,14-15H2,1H3. The molecule has 3 aromatic rings. The summed E-state index contributed by atoms with van der Waals surface area (Å²) in [4.78, 5) is 15.0. The van der Waals surface area contributed by atoms with Crippen molar-refractivity contribution in [2.75, 3.05) is 18.9 Å². The van der Waals surface area contributed by atoms with Crippen LogP contribution in [0.5, 0.6) is 11.5 Å². The minimum Gasteiger partial charge on any atom is -0.507 e. The summed E-state index contributed by atoms with van der Waals surface area (Å²) >= 11 is 0. The molecule has 0 fully saturated rings. The van der Waals surface area contributed by atoms with E-state index < -0.39 is 23.6 Å². The average Bonchev–Trinajstić information content (AvgIpc) is 2.81. The molecule has 2 N–H and O–H groups in total. The number of halogens is 2. The molecule has 7 heteroatoms. The molecule has 1 aliphatic heterocycles. The molecular formula is C25H24F2N2O3. The molecule has 0 atom stereocenters. The Morgan fingerprint density at radius 3 is 2.66 bits per heavy atom. The molecule has 0 aliphatic carbocycles. The van der Waals surface area contributed by atoms with Crippen molar-refractivity contribution in [2.24, 2.45) is 0 Å². The van der Waals surface area contributed by atoms with Crippen LogP contribution in [0.4, 0.5) is 14.5 Å². The van der Waals surface area contributed by atoms with E-state index >= 15 is 0 Å². The summed E-state index contributed by atoms with van der Waals surface area (Å²) in [7, 11) is 1.82. The maximum absolute atomic E-state index is 13.4. The third-order valence-electron chi connectivity index (χ3n) is 5.64. The van der Waals surface area contributed by atoms with Gasteiger partial charge >= 0.3 is 0 Å². The number of aromatic hydroxyl groups is 1. The summed E-state index contributed by atoms with van der Waals surface area (Å²) in [5, 5.41) is 13.7.